The second-order valence-corrected chi connectivity index (χ2v) is 12.7. The number of nitrogens with zero attached hydrogens (tertiary/aromatic N) is 5. The number of hydrogen-bond acceptors (Lipinski definition) is 9. The SMILES string of the molecule is CC(Oc1nc(N2CC3CCC(C2)N3)c2cc(Cl)c(-c3ccc(F)c4sc(N)nc34)c(F)c2n1)C(=O)N1CCCCC1. The second kappa shape index (κ2) is 10.7. The Balaban J connectivity index is 1.36. The zero-order chi connectivity index (χ0) is 29.1. The van der Waals surface area contributed by atoms with E-state index in [1.807, 2.05) is 0 Å². The van der Waals surface area contributed by atoms with E-state index in [1.54, 1.807) is 17.9 Å². The monoisotopic (exact) mass is 613 g/mol. The highest BCUT2D eigenvalue weighted by atomic mass is 35.5. The molecule has 0 radical (unpaired) electrons. The molecule has 0 spiro atoms. The minimum absolute atomic E-state index is 0.00132. The molecule has 3 fully saturated rings. The first-order valence-electron chi connectivity index (χ1n) is 14.3. The van der Waals surface area contributed by atoms with Gasteiger partial charge in [-0.2, -0.15) is 9.97 Å². The molecule has 5 heterocycles. The predicted molar refractivity (Wildman–Crippen MR) is 160 cm³/mol. The van der Waals surface area contributed by atoms with Crippen LogP contribution >= 0.6 is 22.9 Å². The molecule has 13 heteroatoms. The number of hydrogen-bond donors (Lipinski definition) is 2. The van der Waals surface area contributed by atoms with Crippen molar-refractivity contribution in [2.45, 2.75) is 57.2 Å². The normalized spacial score (nSPS) is 21.3. The number of aromatic nitrogens is 3. The number of carbonyl (C=O) groups excluding carboxylic acids is 1. The largest absolute Gasteiger partial charge is 0.450 e. The fraction of sp³-hybridized carbons (Fsp3) is 0.448. The van der Waals surface area contributed by atoms with E-state index in [-0.39, 0.29) is 43.4 Å². The summed E-state index contributed by atoms with van der Waals surface area (Å²) < 4.78 is 37.4. The Kier molecular flexibility index (Phi) is 7.02. The summed E-state index contributed by atoms with van der Waals surface area (Å²) in [5.41, 5.74) is 6.45. The van der Waals surface area contributed by atoms with E-state index in [0.717, 1.165) is 43.4 Å². The molecule has 3 atom stereocenters. The van der Waals surface area contributed by atoms with Crippen LogP contribution in [0, 0.1) is 11.6 Å². The van der Waals surface area contributed by atoms with Crippen molar-refractivity contribution in [1.29, 1.82) is 0 Å². The van der Waals surface area contributed by atoms with Crippen LogP contribution < -0.4 is 20.7 Å². The molecule has 0 aliphatic carbocycles. The van der Waals surface area contributed by atoms with Crippen molar-refractivity contribution in [1.82, 2.24) is 25.2 Å². The number of anilines is 2. The lowest BCUT2D eigenvalue weighted by Crippen LogP contribution is -2.51. The summed E-state index contributed by atoms with van der Waals surface area (Å²) in [6.45, 7) is 4.40. The van der Waals surface area contributed by atoms with Crippen molar-refractivity contribution in [3.05, 3.63) is 34.9 Å². The highest BCUT2D eigenvalue weighted by Crippen LogP contribution is 2.43. The van der Waals surface area contributed by atoms with Crippen molar-refractivity contribution in [2.24, 2.45) is 0 Å². The van der Waals surface area contributed by atoms with Crippen LogP contribution in [0.3, 0.4) is 0 Å². The maximum Gasteiger partial charge on any atom is 0.319 e. The molecule has 1 amide bonds. The van der Waals surface area contributed by atoms with E-state index < -0.39 is 17.7 Å². The van der Waals surface area contributed by atoms with Crippen molar-refractivity contribution in [3.8, 4) is 17.1 Å². The number of fused-ring (bicyclic) bond motifs is 4. The zero-order valence-corrected chi connectivity index (χ0v) is 24.6. The van der Waals surface area contributed by atoms with Crippen molar-refractivity contribution >= 4 is 60.9 Å². The predicted octanol–water partition coefficient (Wildman–Crippen LogP) is 5.14. The lowest BCUT2D eigenvalue weighted by atomic mass is 10.0. The van der Waals surface area contributed by atoms with Crippen LogP contribution in [0.1, 0.15) is 39.0 Å². The van der Waals surface area contributed by atoms with E-state index in [9.17, 15) is 9.18 Å². The van der Waals surface area contributed by atoms with Crippen molar-refractivity contribution in [3.63, 3.8) is 0 Å². The minimum Gasteiger partial charge on any atom is -0.450 e. The Morgan fingerprint density at radius 1 is 1.12 bits per heavy atom. The van der Waals surface area contributed by atoms with Gasteiger partial charge in [-0.25, -0.2) is 13.8 Å². The highest BCUT2D eigenvalue weighted by Gasteiger charge is 2.35. The number of amides is 1. The fourth-order valence-electron chi connectivity index (χ4n) is 6.44. The summed E-state index contributed by atoms with van der Waals surface area (Å²) in [6, 6.07) is 4.83. The molecular formula is C29H30ClF2N7O2S. The maximum atomic E-state index is 16.6. The van der Waals surface area contributed by atoms with Crippen LogP contribution in [0.5, 0.6) is 6.01 Å². The molecule has 0 saturated carbocycles. The number of nitrogen functional groups attached to an aromatic ring is 1. The maximum absolute atomic E-state index is 16.6. The fourth-order valence-corrected chi connectivity index (χ4v) is 7.50. The van der Waals surface area contributed by atoms with Gasteiger partial charge in [0.25, 0.3) is 5.91 Å². The molecule has 2 bridgehead atoms. The van der Waals surface area contributed by atoms with Crippen molar-refractivity contribution < 1.29 is 18.3 Å². The topological polar surface area (TPSA) is 109 Å². The Morgan fingerprint density at radius 3 is 2.60 bits per heavy atom. The van der Waals surface area contributed by atoms with Crippen LogP contribution in [-0.2, 0) is 4.79 Å². The van der Waals surface area contributed by atoms with Crippen LogP contribution in [-0.4, -0.2) is 70.1 Å². The second-order valence-electron chi connectivity index (χ2n) is 11.3. The molecule has 2 aromatic carbocycles. The lowest BCUT2D eigenvalue weighted by Gasteiger charge is -2.34. The minimum atomic E-state index is -0.850. The van der Waals surface area contributed by atoms with Gasteiger partial charge < -0.3 is 25.6 Å². The Morgan fingerprint density at radius 2 is 1.86 bits per heavy atom. The number of piperazine rings is 1. The zero-order valence-electron chi connectivity index (χ0n) is 23.0. The first-order chi connectivity index (χ1) is 20.3. The number of nitrogens with two attached hydrogens (primary N) is 1. The van der Waals surface area contributed by atoms with Crippen LogP contribution in [0.25, 0.3) is 32.2 Å². The van der Waals surface area contributed by atoms with Gasteiger partial charge in [-0.05, 0) is 57.2 Å². The van der Waals surface area contributed by atoms with Gasteiger partial charge >= 0.3 is 6.01 Å². The number of nitrogens with one attached hydrogen (secondary N) is 1. The Labute approximate surface area is 250 Å². The number of carbonyl (C=O) groups is 1. The van der Waals surface area contributed by atoms with E-state index in [0.29, 0.717) is 55.0 Å². The molecule has 3 saturated heterocycles. The Hall–Kier alpha value is -3.35. The summed E-state index contributed by atoms with van der Waals surface area (Å²) in [4.78, 5) is 30.5. The molecule has 42 heavy (non-hydrogen) atoms. The molecule has 3 aliphatic rings. The first kappa shape index (κ1) is 27.5. The van der Waals surface area contributed by atoms with Gasteiger partial charge in [-0.1, -0.05) is 22.9 Å². The number of piperidine rings is 1. The molecule has 3 aliphatic heterocycles. The number of thiazole rings is 1. The molecule has 3 unspecified atom stereocenters. The van der Waals surface area contributed by atoms with Crippen LogP contribution in [0.15, 0.2) is 18.2 Å². The number of halogens is 3. The molecule has 9 nitrogen and oxygen atoms in total. The molecule has 220 valence electrons. The highest BCUT2D eigenvalue weighted by molar-refractivity contribution is 7.22. The third-order valence-electron chi connectivity index (χ3n) is 8.44. The van der Waals surface area contributed by atoms with Crippen LogP contribution in [0.2, 0.25) is 5.02 Å². The van der Waals surface area contributed by atoms with Gasteiger partial charge in [0.05, 0.1) is 15.2 Å². The molecule has 2 aromatic heterocycles. The lowest BCUT2D eigenvalue weighted by molar-refractivity contribution is -0.139. The van der Waals surface area contributed by atoms with Crippen LogP contribution in [0.4, 0.5) is 19.7 Å². The van der Waals surface area contributed by atoms with Gasteiger partial charge in [-0.15, -0.1) is 0 Å². The number of rotatable bonds is 5. The first-order valence-corrected chi connectivity index (χ1v) is 15.5. The van der Waals surface area contributed by atoms with E-state index in [1.165, 1.54) is 12.1 Å². The number of benzene rings is 2. The average Bonchev–Trinajstić information content (AvgIpc) is 3.55. The summed E-state index contributed by atoms with van der Waals surface area (Å²) in [6.07, 6.45) is 4.25. The van der Waals surface area contributed by atoms with Crippen molar-refractivity contribution in [2.75, 3.05) is 36.8 Å². The molecule has 4 aromatic rings. The third-order valence-corrected chi connectivity index (χ3v) is 9.63. The summed E-state index contributed by atoms with van der Waals surface area (Å²) >= 11 is 7.75. The van der Waals surface area contributed by atoms with E-state index in [2.05, 4.69) is 20.2 Å². The third kappa shape index (κ3) is 4.79. The van der Waals surface area contributed by atoms with Gasteiger partial charge in [0.15, 0.2) is 17.1 Å². The smallest absolute Gasteiger partial charge is 0.319 e. The van der Waals surface area contributed by atoms with Gasteiger partial charge in [-0.3, -0.25) is 4.79 Å². The molecular weight excluding hydrogens is 584 g/mol. The average molecular weight is 614 g/mol. The van der Waals surface area contributed by atoms with E-state index >= 15 is 4.39 Å². The summed E-state index contributed by atoms with van der Waals surface area (Å²) in [7, 11) is 0. The summed E-state index contributed by atoms with van der Waals surface area (Å²) in [5.74, 6) is -0.854. The van der Waals surface area contributed by atoms with Gasteiger partial charge in [0, 0.05) is 54.8 Å². The van der Waals surface area contributed by atoms with Gasteiger partial charge in [0.1, 0.15) is 17.2 Å². The molecule has 3 N–H and O–H groups in total. The quantitative estimate of drug-likeness (QED) is 0.318. The molecule has 7 rings (SSSR count). The van der Waals surface area contributed by atoms with E-state index in [4.69, 9.17) is 27.1 Å². The standard InChI is InChI=1S/C29H30ClF2N7O2S/c1-14(27(40)38-9-3-2-4-10-38)41-29-36-23-18(26(37-29)39-12-15-5-6-16(13-39)34-15)11-19(30)21(22(23)32)17-7-8-20(31)25-24(17)35-28(33)42-25/h7-8,11,14-16,34H,2-6,9-10,12-13H2,1H3,(H2,33,35). The number of ether oxygens (including phenoxy) is 1. The summed E-state index contributed by atoms with van der Waals surface area (Å²) in [5, 5.41) is 4.31. The Bertz CT molecular complexity index is 1700. The van der Waals surface area contributed by atoms with Gasteiger partial charge in [0.2, 0.25) is 0 Å². The number of likely N-dealkylation sites (tertiary alicyclic amines) is 1.